The molecule has 0 bridgehead atoms. The predicted octanol–water partition coefficient (Wildman–Crippen LogP) is 2.05. The molecule has 0 fully saturated rings. The second-order valence-corrected chi connectivity index (χ2v) is 4.71. The smallest absolute Gasteiger partial charge is 0.307 e. The highest BCUT2D eigenvalue weighted by molar-refractivity contribution is 5.69. The number of hydrogen-bond acceptors (Lipinski definition) is 3. The quantitative estimate of drug-likeness (QED) is 0.725. The van der Waals surface area contributed by atoms with Crippen LogP contribution in [0.25, 0.3) is 0 Å². The van der Waals surface area contributed by atoms with Gasteiger partial charge in [-0.15, -0.1) is 0 Å². The fourth-order valence-corrected chi connectivity index (χ4v) is 1.72. The average molecular weight is 223 g/mol. The SMILES string of the molecule is COC(=O)CC(C)NCC1(C)C=CC=CC1. The van der Waals surface area contributed by atoms with E-state index in [9.17, 15) is 4.79 Å². The Morgan fingerprint density at radius 1 is 1.56 bits per heavy atom. The monoisotopic (exact) mass is 223 g/mol. The molecular weight excluding hydrogens is 202 g/mol. The number of carbonyl (C=O) groups is 1. The van der Waals surface area contributed by atoms with E-state index in [1.165, 1.54) is 7.11 Å². The molecule has 90 valence electrons. The molecule has 3 heteroatoms. The zero-order valence-electron chi connectivity index (χ0n) is 10.3. The zero-order valence-corrected chi connectivity index (χ0v) is 10.3. The number of carbonyl (C=O) groups excluding carboxylic acids is 1. The molecule has 2 unspecified atom stereocenters. The zero-order chi connectivity index (χ0) is 12.0. The van der Waals surface area contributed by atoms with Crippen LogP contribution in [-0.2, 0) is 9.53 Å². The van der Waals surface area contributed by atoms with Crippen molar-refractivity contribution < 1.29 is 9.53 Å². The van der Waals surface area contributed by atoms with Crippen molar-refractivity contribution in [3.63, 3.8) is 0 Å². The van der Waals surface area contributed by atoms with Gasteiger partial charge in [-0.1, -0.05) is 31.2 Å². The first-order valence-electron chi connectivity index (χ1n) is 5.70. The van der Waals surface area contributed by atoms with E-state index in [-0.39, 0.29) is 17.4 Å². The Morgan fingerprint density at radius 3 is 2.88 bits per heavy atom. The normalized spacial score (nSPS) is 25.4. The largest absolute Gasteiger partial charge is 0.469 e. The standard InChI is InChI=1S/C13H21NO2/c1-11(9-12(15)16-3)14-10-13(2)7-5-4-6-8-13/h4-7,11,14H,8-10H2,1-3H3. The van der Waals surface area contributed by atoms with Crippen molar-refractivity contribution in [2.45, 2.75) is 32.7 Å². The minimum absolute atomic E-state index is 0.156. The van der Waals surface area contributed by atoms with E-state index in [2.05, 4.69) is 41.3 Å². The Bertz CT molecular complexity index is 296. The molecule has 16 heavy (non-hydrogen) atoms. The fraction of sp³-hybridized carbons (Fsp3) is 0.615. The lowest BCUT2D eigenvalue weighted by atomic mass is 9.83. The van der Waals surface area contributed by atoms with Gasteiger partial charge >= 0.3 is 5.97 Å². The summed E-state index contributed by atoms with van der Waals surface area (Å²) in [5, 5.41) is 3.37. The van der Waals surface area contributed by atoms with E-state index >= 15 is 0 Å². The third-order valence-corrected chi connectivity index (χ3v) is 2.88. The van der Waals surface area contributed by atoms with Crippen LogP contribution in [0.15, 0.2) is 24.3 Å². The van der Waals surface area contributed by atoms with Crippen LogP contribution in [0, 0.1) is 5.41 Å². The summed E-state index contributed by atoms with van der Waals surface area (Å²) in [5.41, 5.74) is 0.166. The first-order chi connectivity index (χ1) is 7.56. The molecule has 1 N–H and O–H groups in total. The molecular formula is C13H21NO2. The summed E-state index contributed by atoms with van der Waals surface area (Å²) >= 11 is 0. The van der Waals surface area contributed by atoms with Crippen molar-refractivity contribution in [2.24, 2.45) is 5.41 Å². The van der Waals surface area contributed by atoms with Gasteiger partial charge in [0.25, 0.3) is 0 Å². The molecule has 2 atom stereocenters. The van der Waals surface area contributed by atoms with E-state index in [1.807, 2.05) is 6.92 Å². The third kappa shape index (κ3) is 4.19. The molecule has 3 nitrogen and oxygen atoms in total. The lowest BCUT2D eigenvalue weighted by Crippen LogP contribution is -2.37. The average Bonchev–Trinajstić information content (AvgIpc) is 2.27. The minimum Gasteiger partial charge on any atom is -0.469 e. The number of ether oxygens (including phenoxy) is 1. The molecule has 0 aromatic heterocycles. The van der Waals surface area contributed by atoms with Gasteiger partial charge < -0.3 is 10.1 Å². The summed E-state index contributed by atoms with van der Waals surface area (Å²) in [5.74, 6) is -0.163. The van der Waals surface area contributed by atoms with Gasteiger partial charge in [-0.2, -0.15) is 0 Å². The molecule has 0 aliphatic heterocycles. The summed E-state index contributed by atoms with van der Waals surface area (Å²) in [6.07, 6.45) is 10.0. The first kappa shape index (κ1) is 13.0. The third-order valence-electron chi connectivity index (χ3n) is 2.88. The predicted molar refractivity (Wildman–Crippen MR) is 65.1 cm³/mol. The fourth-order valence-electron chi connectivity index (χ4n) is 1.72. The molecule has 0 spiro atoms. The van der Waals surface area contributed by atoms with Crippen molar-refractivity contribution in [3.8, 4) is 0 Å². The number of methoxy groups -OCH3 is 1. The highest BCUT2D eigenvalue weighted by Crippen LogP contribution is 2.26. The second kappa shape index (κ2) is 5.85. The molecule has 1 aliphatic carbocycles. The van der Waals surface area contributed by atoms with Gasteiger partial charge in [0.1, 0.15) is 0 Å². The van der Waals surface area contributed by atoms with Crippen LogP contribution in [0.4, 0.5) is 0 Å². The van der Waals surface area contributed by atoms with E-state index in [4.69, 9.17) is 0 Å². The van der Waals surface area contributed by atoms with Gasteiger partial charge in [-0.3, -0.25) is 4.79 Å². The number of hydrogen-bond donors (Lipinski definition) is 1. The number of nitrogens with one attached hydrogen (secondary N) is 1. The Hall–Kier alpha value is -1.09. The number of rotatable bonds is 5. The summed E-state index contributed by atoms with van der Waals surface area (Å²) in [6.45, 7) is 5.10. The van der Waals surface area contributed by atoms with Crippen LogP contribution in [0.2, 0.25) is 0 Å². The lowest BCUT2D eigenvalue weighted by molar-refractivity contribution is -0.141. The maximum Gasteiger partial charge on any atom is 0.307 e. The van der Waals surface area contributed by atoms with Gasteiger partial charge in [0.05, 0.1) is 13.5 Å². The van der Waals surface area contributed by atoms with Crippen LogP contribution in [0.1, 0.15) is 26.7 Å². The Kier molecular flexibility index (Phi) is 4.74. The Balaban J connectivity index is 2.31. The molecule has 0 aromatic carbocycles. The maximum atomic E-state index is 11.1. The molecule has 0 saturated heterocycles. The second-order valence-electron chi connectivity index (χ2n) is 4.71. The topological polar surface area (TPSA) is 38.3 Å². The molecule has 0 aromatic rings. The van der Waals surface area contributed by atoms with E-state index in [1.54, 1.807) is 0 Å². The maximum absolute atomic E-state index is 11.1. The summed E-state index contributed by atoms with van der Waals surface area (Å²) in [7, 11) is 1.42. The molecule has 0 radical (unpaired) electrons. The Morgan fingerprint density at radius 2 is 2.31 bits per heavy atom. The number of allylic oxidation sites excluding steroid dienone is 3. The summed E-state index contributed by atoms with van der Waals surface area (Å²) in [4.78, 5) is 11.1. The molecule has 0 heterocycles. The van der Waals surface area contributed by atoms with Gasteiger partial charge in [0.15, 0.2) is 0 Å². The highest BCUT2D eigenvalue weighted by Gasteiger charge is 2.21. The van der Waals surface area contributed by atoms with Gasteiger partial charge in [0, 0.05) is 18.0 Å². The summed E-state index contributed by atoms with van der Waals surface area (Å²) < 4.78 is 4.63. The lowest BCUT2D eigenvalue weighted by Gasteiger charge is -2.28. The molecule has 1 rings (SSSR count). The highest BCUT2D eigenvalue weighted by atomic mass is 16.5. The minimum atomic E-state index is -0.163. The van der Waals surface area contributed by atoms with Gasteiger partial charge in [-0.05, 0) is 13.3 Å². The first-order valence-corrected chi connectivity index (χ1v) is 5.70. The van der Waals surface area contributed by atoms with E-state index in [0.717, 1.165) is 13.0 Å². The van der Waals surface area contributed by atoms with Crippen molar-refractivity contribution >= 4 is 5.97 Å². The van der Waals surface area contributed by atoms with Crippen molar-refractivity contribution in [3.05, 3.63) is 24.3 Å². The molecule has 1 aliphatic rings. The van der Waals surface area contributed by atoms with Crippen molar-refractivity contribution in [2.75, 3.05) is 13.7 Å². The van der Waals surface area contributed by atoms with Crippen molar-refractivity contribution in [1.29, 1.82) is 0 Å². The van der Waals surface area contributed by atoms with Gasteiger partial charge in [0.2, 0.25) is 0 Å². The Labute approximate surface area is 97.6 Å². The molecule has 0 amide bonds. The van der Waals surface area contributed by atoms with Gasteiger partial charge in [-0.25, -0.2) is 0 Å². The van der Waals surface area contributed by atoms with Crippen LogP contribution < -0.4 is 5.32 Å². The van der Waals surface area contributed by atoms with Crippen LogP contribution in [-0.4, -0.2) is 25.7 Å². The van der Waals surface area contributed by atoms with Crippen LogP contribution in [0.5, 0.6) is 0 Å². The van der Waals surface area contributed by atoms with Crippen LogP contribution in [0.3, 0.4) is 0 Å². The van der Waals surface area contributed by atoms with E-state index < -0.39 is 0 Å². The number of esters is 1. The van der Waals surface area contributed by atoms with Crippen LogP contribution >= 0.6 is 0 Å². The summed E-state index contributed by atoms with van der Waals surface area (Å²) in [6, 6.07) is 0.156. The van der Waals surface area contributed by atoms with E-state index in [0.29, 0.717) is 6.42 Å². The molecule has 0 saturated carbocycles. The van der Waals surface area contributed by atoms with Crippen molar-refractivity contribution in [1.82, 2.24) is 5.32 Å².